The van der Waals surface area contributed by atoms with Crippen LogP contribution in [0.2, 0.25) is 0 Å². The summed E-state index contributed by atoms with van der Waals surface area (Å²) >= 11 is 0. The number of rotatable bonds is 1. The van der Waals surface area contributed by atoms with E-state index in [9.17, 15) is 8.42 Å². The van der Waals surface area contributed by atoms with Gasteiger partial charge in [0, 0.05) is 39.7 Å². The van der Waals surface area contributed by atoms with E-state index in [0.717, 1.165) is 19.4 Å². The SMILES string of the molecule is O=S1CCS(=O)C1[C@H]1CCCO1. The van der Waals surface area contributed by atoms with Crippen molar-refractivity contribution in [3.8, 4) is 0 Å². The van der Waals surface area contributed by atoms with Crippen LogP contribution in [0.4, 0.5) is 0 Å². The molecule has 2 heterocycles. The van der Waals surface area contributed by atoms with Gasteiger partial charge in [-0.3, -0.25) is 8.42 Å². The monoisotopic (exact) mass is 208 g/mol. The molecule has 2 fully saturated rings. The first-order valence-electron chi connectivity index (χ1n) is 4.15. The van der Waals surface area contributed by atoms with Gasteiger partial charge in [-0.05, 0) is 12.8 Å². The summed E-state index contributed by atoms with van der Waals surface area (Å²) in [6.45, 7) is 0.746. The summed E-state index contributed by atoms with van der Waals surface area (Å²) in [5, 5.41) is 0. The van der Waals surface area contributed by atoms with Crippen molar-refractivity contribution in [3.05, 3.63) is 0 Å². The molecule has 0 aromatic rings. The van der Waals surface area contributed by atoms with Crippen LogP contribution in [-0.4, -0.2) is 37.2 Å². The van der Waals surface area contributed by atoms with E-state index < -0.39 is 21.6 Å². The number of ether oxygens (including phenoxy) is 1. The van der Waals surface area contributed by atoms with Crippen LogP contribution in [0, 0.1) is 0 Å². The first-order valence-corrected chi connectivity index (χ1v) is 6.91. The van der Waals surface area contributed by atoms with Gasteiger partial charge < -0.3 is 4.74 Å². The van der Waals surface area contributed by atoms with Crippen LogP contribution in [-0.2, 0) is 26.3 Å². The van der Waals surface area contributed by atoms with Gasteiger partial charge in [0.15, 0.2) is 0 Å². The van der Waals surface area contributed by atoms with Crippen LogP contribution >= 0.6 is 0 Å². The molecule has 2 aliphatic heterocycles. The van der Waals surface area contributed by atoms with E-state index in [1.54, 1.807) is 0 Å². The number of hydrogen-bond donors (Lipinski definition) is 0. The molecule has 12 heavy (non-hydrogen) atoms. The minimum Gasteiger partial charge on any atom is -0.376 e. The largest absolute Gasteiger partial charge is 0.376 e. The first kappa shape index (κ1) is 8.84. The lowest BCUT2D eigenvalue weighted by atomic mass is 10.3. The third kappa shape index (κ3) is 1.49. The van der Waals surface area contributed by atoms with Crippen molar-refractivity contribution in [1.29, 1.82) is 0 Å². The molecular weight excluding hydrogens is 196 g/mol. The Hall–Kier alpha value is 0.260. The lowest BCUT2D eigenvalue weighted by molar-refractivity contribution is 0.122. The van der Waals surface area contributed by atoms with Gasteiger partial charge in [0.1, 0.15) is 4.58 Å². The molecule has 0 amide bonds. The summed E-state index contributed by atoms with van der Waals surface area (Å²) in [7, 11) is -1.81. The summed E-state index contributed by atoms with van der Waals surface area (Å²) in [5.74, 6) is 1.19. The summed E-state index contributed by atoms with van der Waals surface area (Å²) in [6, 6.07) is 0. The molecule has 2 unspecified atom stereocenters. The third-order valence-corrected chi connectivity index (χ3v) is 6.68. The Morgan fingerprint density at radius 1 is 1.17 bits per heavy atom. The molecule has 0 N–H and O–H groups in total. The van der Waals surface area contributed by atoms with Gasteiger partial charge in [-0.15, -0.1) is 0 Å². The fraction of sp³-hybridized carbons (Fsp3) is 1.00. The van der Waals surface area contributed by atoms with Gasteiger partial charge in [-0.2, -0.15) is 0 Å². The number of hydrogen-bond acceptors (Lipinski definition) is 3. The maximum absolute atomic E-state index is 11.4. The molecule has 70 valence electrons. The second kappa shape index (κ2) is 3.55. The molecule has 3 atom stereocenters. The maximum Gasteiger partial charge on any atom is 0.136 e. The van der Waals surface area contributed by atoms with Crippen molar-refractivity contribution in [2.45, 2.75) is 23.5 Å². The van der Waals surface area contributed by atoms with Crippen molar-refractivity contribution in [2.75, 3.05) is 18.1 Å². The molecule has 2 aliphatic rings. The lowest BCUT2D eigenvalue weighted by Gasteiger charge is -2.14. The fourth-order valence-electron chi connectivity index (χ4n) is 1.67. The predicted molar refractivity (Wildman–Crippen MR) is 48.8 cm³/mol. The van der Waals surface area contributed by atoms with Gasteiger partial charge in [0.25, 0.3) is 0 Å². The van der Waals surface area contributed by atoms with E-state index in [1.165, 1.54) is 0 Å². The Bertz CT molecular complexity index is 207. The molecule has 5 heteroatoms. The zero-order chi connectivity index (χ0) is 8.55. The highest BCUT2D eigenvalue weighted by Crippen LogP contribution is 2.25. The maximum atomic E-state index is 11.4. The highest BCUT2D eigenvalue weighted by atomic mass is 32.3. The standard InChI is InChI=1S/C7H12O3S2/c8-11-4-5-12(9)7(11)6-2-1-3-10-6/h6-7H,1-5H2/t6-,7?,11?,12?/m1/s1. The molecule has 0 aromatic carbocycles. The van der Waals surface area contributed by atoms with Gasteiger partial charge in [0.2, 0.25) is 0 Å². The average Bonchev–Trinajstić information content (AvgIpc) is 2.61. The fourth-order valence-corrected chi connectivity index (χ4v) is 6.09. The normalized spacial score (nSPS) is 48.3. The van der Waals surface area contributed by atoms with E-state index in [2.05, 4.69) is 0 Å². The van der Waals surface area contributed by atoms with Crippen LogP contribution in [0.3, 0.4) is 0 Å². The second-order valence-electron chi connectivity index (χ2n) is 3.09. The van der Waals surface area contributed by atoms with Gasteiger partial charge in [0.05, 0.1) is 6.10 Å². The highest BCUT2D eigenvalue weighted by molar-refractivity contribution is 8.06. The van der Waals surface area contributed by atoms with Crippen LogP contribution < -0.4 is 0 Å². The third-order valence-electron chi connectivity index (χ3n) is 2.27. The van der Waals surface area contributed by atoms with E-state index >= 15 is 0 Å². The molecule has 0 spiro atoms. The smallest absolute Gasteiger partial charge is 0.136 e. The average molecular weight is 208 g/mol. The second-order valence-corrected chi connectivity index (χ2v) is 6.74. The van der Waals surface area contributed by atoms with Gasteiger partial charge in [-0.25, -0.2) is 0 Å². The van der Waals surface area contributed by atoms with Crippen molar-refractivity contribution in [1.82, 2.24) is 0 Å². The Morgan fingerprint density at radius 2 is 1.83 bits per heavy atom. The van der Waals surface area contributed by atoms with E-state index in [1.807, 2.05) is 0 Å². The van der Waals surface area contributed by atoms with Crippen LogP contribution in [0.15, 0.2) is 0 Å². The van der Waals surface area contributed by atoms with E-state index in [-0.39, 0.29) is 10.7 Å². The predicted octanol–water partition coefficient (Wildman–Crippen LogP) is 0.00250. The molecule has 2 saturated heterocycles. The lowest BCUT2D eigenvalue weighted by Crippen LogP contribution is -2.29. The highest BCUT2D eigenvalue weighted by Gasteiger charge is 2.39. The minimum atomic E-state index is -0.906. The Morgan fingerprint density at radius 3 is 2.33 bits per heavy atom. The van der Waals surface area contributed by atoms with Gasteiger partial charge in [-0.1, -0.05) is 0 Å². The van der Waals surface area contributed by atoms with E-state index in [0.29, 0.717) is 11.5 Å². The Balaban J connectivity index is 2.09. The molecule has 0 aromatic heterocycles. The Labute approximate surface area is 76.8 Å². The van der Waals surface area contributed by atoms with Gasteiger partial charge >= 0.3 is 0 Å². The molecule has 0 bridgehead atoms. The van der Waals surface area contributed by atoms with Crippen molar-refractivity contribution >= 4 is 21.6 Å². The zero-order valence-corrected chi connectivity index (χ0v) is 8.36. The minimum absolute atomic E-state index is 0.00849. The topological polar surface area (TPSA) is 43.4 Å². The molecule has 0 saturated carbocycles. The quantitative estimate of drug-likeness (QED) is 0.609. The molecular formula is C7H12O3S2. The summed E-state index contributed by atoms with van der Waals surface area (Å²) in [4.78, 5) is 0. The molecule has 3 nitrogen and oxygen atoms in total. The molecule has 2 rings (SSSR count). The summed E-state index contributed by atoms with van der Waals surface area (Å²) in [6.07, 6.45) is 1.96. The summed E-state index contributed by atoms with van der Waals surface area (Å²) < 4.78 is 28.0. The van der Waals surface area contributed by atoms with Crippen molar-refractivity contribution < 1.29 is 13.2 Å². The summed E-state index contributed by atoms with van der Waals surface area (Å²) in [5.41, 5.74) is 0. The van der Waals surface area contributed by atoms with Crippen molar-refractivity contribution in [2.24, 2.45) is 0 Å². The van der Waals surface area contributed by atoms with Crippen LogP contribution in [0.5, 0.6) is 0 Å². The van der Waals surface area contributed by atoms with E-state index in [4.69, 9.17) is 4.74 Å². The molecule has 0 radical (unpaired) electrons. The first-order chi connectivity index (χ1) is 5.79. The van der Waals surface area contributed by atoms with Crippen LogP contribution in [0.25, 0.3) is 0 Å². The molecule has 0 aliphatic carbocycles. The van der Waals surface area contributed by atoms with Crippen LogP contribution in [0.1, 0.15) is 12.8 Å². The Kier molecular flexibility index (Phi) is 2.62. The zero-order valence-electron chi connectivity index (χ0n) is 6.73. The van der Waals surface area contributed by atoms with Crippen molar-refractivity contribution in [3.63, 3.8) is 0 Å².